The number of halogens is 1. The fourth-order valence-corrected chi connectivity index (χ4v) is 4.35. The van der Waals surface area contributed by atoms with Gasteiger partial charge in [-0.05, 0) is 84.0 Å². The highest BCUT2D eigenvalue weighted by Crippen LogP contribution is 2.51. The van der Waals surface area contributed by atoms with Crippen LogP contribution in [-0.4, -0.2) is 23.7 Å². The molecule has 0 saturated heterocycles. The van der Waals surface area contributed by atoms with Crippen LogP contribution in [0.2, 0.25) is 0 Å². The van der Waals surface area contributed by atoms with Gasteiger partial charge in [0.25, 0.3) is 0 Å². The number of aromatic carboxylic acids is 1. The standard InChI is InChI=1S/C26H21FO5/c1-15-10-21(27)18(11-20(15)16-2-4-17(5-3-16)25(29)30)12-24(28)26(8-9-26)19-6-7-22-23(13-19)32-14-31-22/h2-7,10-11,13H,8-9,12,14H2,1H3,(H,29,30). The van der Waals surface area contributed by atoms with Crippen molar-refractivity contribution >= 4 is 11.8 Å². The number of rotatable bonds is 6. The van der Waals surface area contributed by atoms with Crippen LogP contribution < -0.4 is 9.47 Å². The second kappa shape index (κ2) is 7.48. The topological polar surface area (TPSA) is 72.8 Å². The maximum absolute atomic E-state index is 14.8. The molecule has 0 unspecified atom stereocenters. The molecule has 0 bridgehead atoms. The fraction of sp³-hybridized carbons (Fsp3) is 0.231. The van der Waals surface area contributed by atoms with Crippen LogP contribution in [0, 0.1) is 12.7 Å². The molecule has 0 amide bonds. The SMILES string of the molecule is Cc1cc(F)c(CC(=O)C2(c3ccc4c(c3)OCO4)CC2)cc1-c1ccc(C(=O)O)cc1. The van der Waals surface area contributed by atoms with Crippen LogP contribution in [0.1, 0.15) is 39.9 Å². The molecule has 0 radical (unpaired) electrons. The number of aryl methyl sites for hydroxylation is 1. The lowest BCUT2D eigenvalue weighted by Crippen LogP contribution is -2.23. The Morgan fingerprint density at radius 3 is 2.41 bits per heavy atom. The summed E-state index contributed by atoms with van der Waals surface area (Å²) in [5.41, 5.74) is 3.06. The van der Waals surface area contributed by atoms with Crippen LogP contribution in [0.4, 0.5) is 4.39 Å². The molecular formula is C26H21FO5. The summed E-state index contributed by atoms with van der Waals surface area (Å²) in [5.74, 6) is -0.137. The van der Waals surface area contributed by atoms with E-state index in [1.54, 1.807) is 25.1 Å². The average molecular weight is 432 g/mol. The molecule has 0 spiro atoms. The number of hydrogen-bond acceptors (Lipinski definition) is 4. The highest BCUT2D eigenvalue weighted by Gasteiger charge is 2.51. The first-order chi connectivity index (χ1) is 15.4. The maximum Gasteiger partial charge on any atom is 0.335 e. The third-order valence-corrected chi connectivity index (χ3v) is 6.40. The van der Waals surface area contributed by atoms with Crippen molar-refractivity contribution in [3.8, 4) is 22.6 Å². The number of carbonyl (C=O) groups is 2. The normalized spacial score (nSPS) is 15.4. The monoisotopic (exact) mass is 432 g/mol. The molecule has 1 fully saturated rings. The van der Waals surface area contributed by atoms with E-state index in [0.29, 0.717) is 17.1 Å². The molecule has 1 heterocycles. The van der Waals surface area contributed by atoms with Gasteiger partial charge in [0.2, 0.25) is 6.79 Å². The molecule has 32 heavy (non-hydrogen) atoms. The molecule has 3 aromatic rings. The highest BCUT2D eigenvalue weighted by molar-refractivity contribution is 5.95. The molecule has 6 heteroatoms. The van der Waals surface area contributed by atoms with Crippen molar-refractivity contribution in [2.45, 2.75) is 31.6 Å². The van der Waals surface area contributed by atoms with E-state index < -0.39 is 17.2 Å². The molecule has 0 aromatic heterocycles. The third kappa shape index (κ3) is 3.42. The van der Waals surface area contributed by atoms with Gasteiger partial charge in [-0.15, -0.1) is 0 Å². The summed E-state index contributed by atoms with van der Waals surface area (Å²) in [6, 6.07) is 15.1. The van der Waals surface area contributed by atoms with Crippen LogP contribution in [0.3, 0.4) is 0 Å². The predicted octanol–water partition coefficient (Wildman–Crippen LogP) is 5.07. The first-order valence-electron chi connectivity index (χ1n) is 10.4. The Kier molecular flexibility index (Phi) is 4.73. The molecule has 1 aliphatic carbocycles. The van der Waals surface area contributed by atoms with Gasteiger partial charge >= 0.3 is 5.97 Å². The van der Waals surface area contributed by atoms with Gasteiger partial charge in [-0.1, -0.05) is 18.2 Å². The second-order valence-corrected chi connectivity index (χ2v) is 8.39. The molecule has 3 aromatic carbocycles. The minimum atomic E-state index is -1.00. The second-order valence-electron chi connectivity index (χ2n) is 8.39. The molecular weight excluding hydrogens is 411 g/mol. The summed E-state index contributed by atoms with van der Waals surface area (Å²) >= 11 is 0. The number of hydrogen-bond donors (Lipinski definition) is 1. The Morgan fingerprint density at radius 2 is 1.72 bits per heavy atom. The van der Waals surface area contributed by atoms with Gasteiger partial charge in [0.15, 0.2) is 11.5 Å². The maximum atomic E-state index is 14.8. The molecule has 5 rings (SSSR count). The van der Waals surface area contributed by atoms with Crippen molar-refractivity contribution in [2.24, 2.45) is 0 Å². The van der Waals surface area contributed by atoms with E-state index in [1.807, 2.05) is 18.2 Å². The van der Waals surface area contributed by atoms with Gasteiger partial charge in [-0.25, -0.2) is 9.18 Å². The number of ketones is 1. The van der Waals surface area contributed by atoms with E-state index in [9.17, 15) is 14.0 Å². The number of carboxylic acid groups (broad SMARTS) is 1. The number of ether oxygens (including phenoxy) is 2. The van der Waals surface area contributed by atoms with E-state index in [4.69, 9.17) is 14.6 Å². The van der Waals surface area contributed by atoms with E-state index in [1.165, 1.54) is 18.2 Å². The minimum Gasteiger partial charge on any atom is -0.478 e. The summed E-state index contributed by atoms with van der Waals surface area (Å²) in [6.45, 7) is 1.97. The van der Waals surface area contributed by atoms with Crippen molar-refractivity contribution in [2.75, 3.05) is 6.79 Å². The zero-order valence-electron chi connectivity index (χ0n) is 17.5. The van der Waals surface area contributed by atoms with E-state index in [2.05, 4.69) is 0 Å². The summed E-state index contributed by atoms with van der Waals surface area (Å²) < 4.78 is 25.6. The Bertz CT molecular complexity index is 1240. The number of fused-ring (bicyclic) bond motifs is 1. The lowest BCUT2D eigenvalue weighted by molar-refractivity contribution is -0.120. The van der Waals surface area contributed by atoms with Gasteiger partial charge in [0.1, 0.15) is 11.6 Å². The summed E-state index contributed by atoms with van der Waals surface area (Å²) in [5, 5.41) is 9.11. The van der Waals surface area contributed by atoms with Crippen molar-refractivity contribution in [3.05, 3.63) is 82.7 Å². The van der Waals surface area contributed by atoms with Crippen LogP contribution in [-0.2, 0) is 16.6 Å². The van der Waals surface area contributed by atoms with Crippen molar-refractivity contribution in [1.82, 2.24) is 0 Å². The lowest BCUT2D eigenvalue weighted by Gasteiger charge is -2.17. The minimum absolute atomic E-state index is 0.0131. The number of carbonyl (C=O) groups excluding carboxylic acids is 1. The van der Waals surface area contributed by atoms with Crippen molar-refractivity contribution < 1.29 is 28.6 Å². The highest BCUT2D eigenvalue weighted by atomic mass is 19.1. The Morgan fingerprint density at radius 1 is 1.00 bits per heavy atom. The largest absolute Gasteiger partial charge is 0.478 e. The van der Waals surface area contributed by atoms with E-state index >= 15 is 0 Å². The van der Waals surface area contributed by atoms with E-state index in [-0.39, 0.29) is 24.6 Å². The molecule has 5 nitrogen and oxygen atoms in total. The molecule has 1 N–H and O–H groups in total. The Balaban J connectivity index is 1.43. The zero-order valence-corrected chi connectivity index (χ0v) is 17.5. The van der Waals surface area contributed by atoms with Gasteiger partial charge in [0.05, 0.1) is 11.0 Å². The quantitative estimate of drug-likeness (QED) is 0.589. The van der Waals surface area contributed by atoms with Crippen LogP contribution >= 0.6 is 0 Å². The van der Waals surface area contributed by atoms with Crippen molar-refractivity contribution in [1.29, 1.82) is 0 Å². The van der Waals surface area contributed by atoms with Gasteiger partial charge < -0.3 is 14.6 Å². The molecule has 162 valence electrons. The first-order valence-corrected chi connectivity index (χ1v) is 10.4. The average Bonchev–Trinajstić information content (AvgIpc) is 3.46. The Labute approximate surface area is 184 Å². The fourth-order valence-electron chi connectivity index (χ4n) is 4.35. The molecule has 0 atom stereocenters. The van der Waals surface area contributed by atoms with Crippen molar-refractivity contribution in [3.63, 3.8) is 0 Å². The molecule has 1 saturated carbocycles. The summed E-state index contributed by atoms with van der Waals surface area (Å²) in [4.78, 5) is 24.4. The summed E-state index contributed by atoms with van der Waals surface area (Å²) in [7, 11) is 0. The van der Waals surface area contributed by atoms with Gasteiger partial charge in [0, 0.05) is 6.42 Å². The number of carboxylic acids is 1. The first kappa shape index (κ1) is 20.2. The van der Waals surface area contributed by atoms with Crippen LogP contribution in [0.25, 0.3) is 11.1 Å². The third-order valence-electron chi connectivity index (χ3n) is 6.40. The van der Waals surface area contributed by atoms with E-state index in [0.717, 1.165) is 35.1 Å². The van der Waals surface area contributed by atoms with Crippen LogP contribution in [0.5, 0.6) is 11.5 Å². The lowest BCUT2D eigenvalue weighted by atomic mass is 9.86. The smallest absolute Gasteiger partial charge is 0.335 e. The van der Waals surface area contributed by atoms with Gasteiger partial charge in [-0.3, -0.25) is 4.79 Å². The Hall–Kier alpha value is -3.67. The van der Waals surface area contributed by atoms with Gasteiger partial charge in [-0.2, -0.15) is 0 Å². The summed E-state index contributed by atoms with van der Waals surface area (Å²) in [6.07, 6.45) is 1.44. The zero-order chi connectivity index (χ0) is 22.5. The van der Waals surface area contributed by atoms with Crippen LogP contribution in [0.15, 0.2) is 54.6 Å². The number of benzene rings is 3. The molecule has 1 aliphatic heterocycles. The number of Topliss-reactive ketones (excluding diaryl/α,β-unsaturated/α-hetero) is 1. The molecule has 2 aliphatic rings. The predicted molar refractivity (Wildman–Crippen MR) is 116 cm³/mol.